The lowest BCUT2D eigenvalue weighted by molar-refractivity contribution is -0.116. The maximum Gasteiger partial charge on any atom is 0.404 e. The molecule has 0 aromatic carbocycles. The normalized spacial score (nSPS) is 18.1. The van der Waals surface area contributed by atoms with Crippen molar-refractivity contribution in [2.75, 3.05) is 13.1 Å². The van der Waals surface area contributed by atoms with Crippen LogP contribution in [0.2, 0.25) is 0 Å². The second-order valence-corrected chi connectivity index (χ2v) is 5.79. The third-order valence-corrected chi connectivity index (χ3v) is 3.64. The molecule has 5 nitrogen and oxygen atoms in total. The lowest BCUT2D eigenvalue weighted by Crippen LogP contribution is -2.33. The third-order valence-electron chi connectivity index (χ3n) is 3.64. The number of allylic oxidation sites excluding steroid dienone is 3. The molecule has 1 aliphatic carbocycles. The van der Waals surface area contributed by atoms with Gasteiger partial charge in [-0.2, -0.15) is 0 Å². The van der Waals surface area contributed by atoms with Gasteiger partial charge in [-0.25, -0.2) is 4.79 Å². The second kappa shape index (κ2) is 7.12. The first-order valence-electron chi connectivity index (χ1n) is 6.96. The van der Waals surface area contributed by atoms with E-state index >= 15 is 0 Å². The summed E-state index contributed by atoms with van der Waals surface area (Å²) in [6, 6.07) is 0. The van der Waals surface area contributed by atoms with E-state index in [1.54, 1.807) is 0 Å². The topological polar surface area (TPSA) is 78.4 Å². The van der Waals surface area contributed by atoms with E-state index in [2.05, 4.69) is 31.4 Å². The fraction of sp³-hybridized carbons (Fsp3) is 0.600. The van der Waals surface area contributed by atoms with Crippen molar-refractivity contribution in [3.63, 3.8) is 0 Å². The minimum atomic E-state index is -1.08. The summed E-state index contributed by atoms with van der Waals surface area (Å²) in [6.07, 6.45) is 5.77. The Labute approximate surface area is 120 Å². The third kappa shape index (κ3) is 5.07. The minimum Gasteiger partial charge on any atom is -0.465 e. The van der Waals surface area contributed by atoms with Crippen LogP contribution < -0.4 is 10.6 Å². The molecule has 3 N–H and O–H groups in total. The summed E-state index contributed by atoms with van der Waals surface area (Å²) in [6.45, 7) is 7.02. The molecule has 112 valence electrons. The van der Waals surface area contributed by atoms with Crippen molar-refractivity contribution in [1.29, 1.82) is 0 Å². The minimum absolute atomic E-state index is 0.115. The summed E-state index contributed by atoms with van der Waals surface area (Å²) >= 11 is 0. The van der Waals surface area contributed by atoms with Gasteiger partial charge in [0.1, 0.15) is 0 Å². The number of hydrogen-bond donors (Lipinski definition) is 3. The van der Waals surface area contributed by atoms with E-state index < -0.39 is 6.09 Å². The van der Waals surface area contributed by atoms with Gasteiger partial charge in [-0.05, 0) is 37.2 Å². The number of carboxylic acid groups (broad SMARTS) is 1. The van der Waals surface area contributed by atoms with E-state index in [1.165, 1.54) is 23.6 Å². The van der Waals surface area contributed by atoms with Gasteiger partial charge >= 0.3 is 6.09 Å². The van der Waals surface area contributed by atoms with E-state index in [4.69, 9.17) is 5.11 Å². The molecular formula is C15H24N2O3. The first-order valence-corrected chi connectivity index (χ1v) is 6.96. The molecule has 0 aromatic heterocycles. The van der Waals surface area contributed by atoms with Crippen molar-refractivity contribution in [3.05, 3.63) is 23.3 Å². The molecule has 0 aromatic rings. The summed E-state index contributed by atoms with van der Waals surface area (Å²) in [5.74, 6) is -0.195. The van der Waals surface area contributed by atoms with Crippen molar-refractivity contribution < 1.29 is 14.7 Å². The molecule has 5 heteroatoms. The summed E-state index contributed by atoms with van der Waals surface area (Å²) in [4.78, 5) is 21.9. The fourth-order valence-corrected chi connectivity index (χ4v) is 2.58. The van der Waals surface area contributed by atoms with Crippen LogP contribution in [0.3, 0.4) is 0 Å². The molecule has 1 rings (SSSR count). The number of carbonyl (C=O) groups excluding carboxylic acids is 1. The summed E-state index contributed by atoms with van der Waals surface area (Å²) in [5.41, 5.74) is 2.70. The molecule has 0 saturated heterocycles. The first-order chi connectivity index (χ1) is 9.33. The van der Waals surface area contributed by atoms with Crippen molar-refractivity contribution in [1.82, 2.24) is 10.6 Å². The van der Waals surface area contributed by atoms with E-state index in [1.807, 2.05) is 6.08 Å². The van der Waals surface area contributed by atoms with E-state index in [0.29, 0.717) is 0 Å². The Bertz CT molecular complexity index is 436. The number of rotatable bonds is 5. The van der Waals surface area contributed by atoms with Crippen LogP contribution in [0.5, 0.6) is 0 Å². The standard InChI is InChI=1S/C15H24N2O3/c1-11-5-4-8-15(2,3)12(11)6-7-13(18)16-9-10-17-14(19)20/h6-7,17H,4-5,8-10H2,1-3H3,(H,16,18)(H,19,20). The van der Waals surface area contributed by atoms with Crippen LogP contribution in [0.4, 0.5) is 4.79 Å². The number of hydrogen-bond acceptors (Lipinski definition) is 2. The Morgan fingerprint density at radius 1 is 1.30 bits per heavy atom. The average Bonchev–Trinajstić information content (AvgIpc) is 2.33. The summed E-state index contributed by atoms with van der Waals surface area (Å²) < 4.78 is 0. The van der Waals surface area contributed by atoms with E-state index in [9.17, 15) is 9.59 Å². The van der Waals surface area contributed by atoms with Crippen molar-refractivity contribution in [3.8, 4) is 0 Å². The van der Waals surface area contributed by atoms with Gasteiger partial charge in [-0.15, -0.1) is 0 Å². The molecule has 1 aliphatic rings. The van der Waals surface area contributed by atoms with Gasteiger partial charge in [-0.1, -0.05) is 25.5 Å². The molecule has 0 atom stereocenters. The smallest absolute Gasteiger partial charge is 0.404 e. The number of nitrogens with one attached hydrogen (secondary N) is 2. The SMILES string of the molecule is CC1=C(C=CC(=O)NCCNC(=O)O)C(C)(C)CCC1. The van der Waals surface area contributed by atoms with Crippen LogP contribution in [0.15, 0.2) is 23.3 Å². The van der Waals surface area contributed by atoms with Crippen LogP contribution in [0.25, 0.3) is 0 Å². The molecular weight excluding hydrogens is 256 g/mol. The Morgan fingerprint density at radius 2 is 1.95 bits per heavy atom. The highest BCUT2D eigenvalue weighted by Gasteiger charge is 2.26. The highest BCUT2D eigenvalue weighted by atomic mass is 16.4. The molecule has 20 heavy (non-hydrogen) atoms. The maximum atomic E-state index is 11.7. The highest BCUT2D eigenvalue weighted by Crippen LogP contribution is 2.40. The molecule has 0 fully saturated rings. The van der Waals surface area contributed by atoms with Crippen molar-refractivity contribution >= 4 is 12.0 Å². The largest absolute Gasteiger partial charge is 0.465 e. The molecule has 0 spiro atoms. The van der Waals surface area contributed by atoms with Gasteiger partial charge in [0.25, 0.3) is 0 Å². The molecule has 0 radical (unpaired) electrons. The number of carbonyl (C=O) groups is 2. The average molecular weight is 280 g/mol. The van der Waals surface area contributed by atoms with Crippen LogP contribution in [-0.4, -0.2) is 30.2 Å². The predicted molar refractivity (Wildman–Crippen MR) is 78.5 cm³/mol. The molecule has 0 saturated carbocycles. The van der Waals surface area contributed by atoms with Crippen LogP contribution in [0.1, 0.15) is 40.0 Å². The Hall–Kier alpha value is -1.78. The van der Waals surface area contributed by atoms with Crippen LogP contribution >= 0.6 is 0 Å². The monoisotopic (exact) mass is 280 g/mol. The molecule has 2 amide bonds. The first kappa shape index (κ1) is 16.3. The van der Waals surface area contributed by atoms with Crippen LogP contribution in [0, 0.1) is 5.41 Å². The number of amides is 2. The second-order valence-electron chi connectivity index (χ2n) is 5.79. The van der Waals surface area contributed by atoms with Crippen molar-refractivity contribution in [2.45, 2.75) is 40.0 Å². The zero-order valence-electron chi connectivity index (χ0n) is 12.5. The molecule has 0 heterocycles. The van der Waals surface area contributed by atoms with E-state index in [0.717, 1.165) is 12.8 Å². The Morgan fingerprint density at radius 3 is 2.55 bits per heavy atom. The zero-order valence-corrected chi connectivity index (χ0v) is 12.5. The zero-order chi connectivity index (χ0) is 15.2. The lowest BCUT2D eigenvalue weighted by Gasteiger charge is -2.32. The fourth-order valence-electron chi connectivity index (χ4n) is 2.58. The quantitative estimate of drug-likeness (QED) is 0.534. The van der Waals surface area contributed by atoms with Gasteiger partial charge in [0, 0.05) is 19.2 Å². The predicted octanol–water partition coefficient (Wildman–Crippen LogP) is 2.45. The van der Waals surface area contributed by atoms with Gasteiger partial charge in [-0.3, -0.25) is 4.79 Å². The Balaban J connectivity index is 2.50. The maximum absolute atomic E-state index is 11.7. The molecule has 0 bridgehead atoms. The summed E-state index contributed by atoms with van der Waals surface area (Å²) in [7, 11) is 0. The molecule has 0 unspecified atom stereocenters. The van der Waals surface area contributed by atoms with Gasteiger partial charge in [0.05, 0.1) is 0 Å². The van der Waals surface area contributed by atoms with Gasteiger partial charge < -0.3 is 15.7 Å². The summed E-state index contributed by atoms with van der Waals surface area (Å²) in [5, 5.41) is 13.2. The van der Waals surface area contributed by atoms with Crippen molar-refractivity contribution in [2.24, 2.45) is 5.41 Å². The highest BCUT2D eigenvalue weighted by molar-refractivity contribution is 5.88. The lowest BCUT2D eigenvalue weighted by atomic mass is 9.72. The van der Waals surface area contributed by atoms with Crippen LogP contribution in [-0.2, 0) is 4.79 Å². The van der Waals surface area contributed by atoms with E-state index in [-0.39, 0.29) is 24.4 Å². The molecule has 0 aliphatic heterocycles. The van der Waals surface area contributed by atoms with Gasteiger partial charge in [0.15, 0.2) is 0 Å². The Kier molecular flexibility index (Phi) is 5.80. The van der Waals surface area contributed by atoms with Gasteiger partial charge in [0.2, 0.25) is 5.91 Å².